The van der Waals surface area contributed by atoms with Crippen LogP contribution in [0.4, 0.5) is 0 Å². The molecule has 3 N–H and O–H groups in total. The summed E-state index contributed by atoms with van der Waals surface area (Å²) in [5.41, 5.74) is 0. The molecule has 0 aliphatic rings. The van der Waals surface area contributed by atoms with Crippen LogP contribution in [0.1, 0.15) is 0 Å². The van der Waals surface area contributed by atoms with Gasteiger partial charge in [0.15, 0.2) is 0 Å². The van der Waals surface area contributed by atoms with Crippen molar-refractivity contribution < 1.29 is 68.0 Å². The molecule has 0 heterocycles. The molecule has 0 aliphatic heterocycles. The van der Waals surface area contributed by atoms with Gasteiger partial charge >= 0.3 is 54.7 Å². The van der Waals surface area contributed by atoms with Crippen LogP contribution in [-0.4, -0.2) is 41.1 Å². The molecule has 64 valence electrons. The van der Waals surface area contributed by atoms with Crippen LogP contribution in [0.2, 0.25) is 0 Å². The van der Waals surface area contributed by atoms with Gasteiger partial charge in [-0.3, -0.25) is 0 Å². The van der Waals surface area contributed by atoms with E-state index in [4.69, 9.17) is 38.4 Å². The summed E-state index contributed by atoms with van der Waals surface area (Å²) in [5, 5.41) is 0. The molecule has 0 fully saturated rings. The van der Waals surface area contributed by atoms with Crippen LogP contribution in [0.3, 0.4) is 0 Å². The van der Waals surface area contributed by atoms with Crippen molar-refractivity contribution in [2.24, 2.45) is 0 Å². The Morgan fingerprint density at radius 1 is 1.00 bits per heavy atom. The van der Waals surface area contributed by atoms with E-state index in [9.17, 15) is 0 Å². The maximum Gasteiger partial charge on any atom is 3.00 e. The molecular formula is H3AlNaO8PSi. The van der Waals surface area contributed by atoms with E-state index in [1.165, 1.54) is 0 Å². The quantitative estimate of drug-likeness (QED) is 0.276. The molecule has 0 saturated heterocycles. The molecule has 8 nitrogen and oxygen atoms in total. The van der Waals surface area contributed by atoms with Crippen LogP contribution < -0.4 is 48.7 Å². The van der Waals surface area contributed by atoms with E-state index in [0.717, 1.165) is 0 Å². The second-order valence-electron chi connectivity index (χ2n) is 1.01. The third kappa shape index (κ3) is 464. The van der Waals surface area contributed by atoms with Crippen LogP contribution in [0.15, 0.2) is 0 Å². The summed E-state index contributed by atoms with van der Waals surface area (Å²) in [6, 6.07) is 0. The van der Waals surface area contributed by atoms with E-state index in [1.54, 1.807) is 0 Å². The molecule has 12 heteroatoms. The Bertz CT molecular complexity index is 111. The fraction of sp³-hybridized carbons (Fsp3) is 0. The maximum atomic E-state index is 8.88. The molecule has 12 heavy (non-hydrogen) atoms. The Morgan fingerprint density at radius 3 is 1.00 bits per heavy atom. The zero-order valence-electron chi connectivity index (χ0n) is 5.91. The van der Waals surface area contributed by atoms with Crippen molar-refractivity contribution in [3.8, 4) is 0 Å². The zero-order chi connectivity index (χ0) is 9.00. The van der Waals surface area contributed by atoms with Gasteiger partial charge in [0.2, 0.25) is 0 Å². The van der Waals surface area contributed by atoms with E-state index in [1.807, 2.05) is 0 Å². The molecule has 0 spiro atoms. The van der Waals surface area contributed by atoms with E-state index < -0.39 is 16.9 Å². The van der Waals surface area contributed by atoms with Crippen molar-refractivity contribution in [3.05, 3.63) is 0 Å². The minimum atomic E-state index is -5.61. The third-order valence-electron chi connectivity index (χ3n) is 0. The minimum Gasteiger partial charge on any atom is -0.894 e. The van der Waals surface area contributed by atoms with Gasteiger partial charge in [-0.05, 0) is 0 Å². The molecule has 0 rings (SSSR count). The number of rotatable bonds is 0. The van der Waals surface area contributed by atoms with E-state index >= 15 is 0 Å². The first-order valence-corrected chi connectivity index (χ1v) is 4.80. The van der Waals surface area contributed by atoms with Gasteiger partial charge in [-0.15, -0.1) is 0 Å². The van der Waals surface area contributed by atoms with Gasteiger partial charge in [-0.1, -0.05) is 0 Å². The third-order valence-corrected chi connectivity index (χ3v) is 0. The molecule has 0 saturated carbocycles. The van der Waals surface area contributed by atoms with Gasteiger partial charge < -0.3 is 42.9 Å². The van der Waals surface area contributed by atoms with Crippen LogP contribution in [0.25, 0.3) is 0 Å². The van der Waals surface area contributed by atoms with E-state index in [0.29, 0.717) is 0 Å². The van der Waals surface area contributed by atoms with Crippen LogP contribution in [-0.2, 0) is 4.57 Å². The van der Waals surface area contributed by atoms with Crippen LogP contribution in [0.5, 0.6) is 0 Å². The van der Waals surface area contributed by atoms with E-state index in [-0.39, 0.29) is 46.9 Å². The Kier molecular flexibility index (Phi) is 18.1. The summed E-state index contributed by atoms with van der Waals surface area (Å²) in [6.07, 6.45) is 0. The van der Waals surface area contributed by atoms with Crippen molar-refractivity contribution in [2.45, 2.75) is 0 Å². The maximum absolute atomic E-state index is 8.88. The molecular weight excluding hydrogens is 237 g/mol. The summed E-state index contributed by atoms with van der Waals surface area (Å²) >= 11 is 0. The normalized spacial score (nSPS) is 9.92. The van der Waals surface area contributed by atoms with Gasteiger partial charge in [0, 0.05) is 0 Å². The fourth-order valence-electron chi connectivity index (χ4n) is 0. The molecule has 0 aromatic carbocycles. The number of hydrogen-bond donors (Lipinski definition) is 3. The first-order chi connectivity index (χ1) is 4.00. The largest absolute Gasteiger partial charge is 3.00 e. The minimum absolute atomic E-state index is 0. The number of phosphoric acid groups is 1. The standard InChI is InChI=1S/Al.Na.H3O4P.O4Si/c;;2*1-5(2,3)4/h;;(H3,1,2,3,4);/q+3;+1;;-4. The Balaban J connectivity index is -0.0000000457. The van der Waals surface area contributed by atoms with Gasteiger partial charge in [0.05, 0.1) is 0 Å². The Hall–Kier alpha value is 1.70. The topological polar surface area (TPSA) is 170 Å². The SMILES string of the molecule is O=P(O)(O)O.[Al+3].[Na+].[O-][Si]([O-])([O-])[O-]. The fourth-order valence-corrected chi connectivity index (χ4v) is 0. The molecule has 0 bridgehead atoms. The first kappa shape index (κ1) is 23.5. The smallest absolute Gasteiger partial charge is 0.894 e. The molecule has 0 radical (unpaired) electrons. The van der Waals surface area contributed by atoms with Gasteiger partial charge in [0.1, 0.15) is 0 Å². The molecule has 0 aromatic heterocycles. The summed E-state index contributed by atoms with van der Waals surface area (Å²) in [7, 11) is -10.2. The van der Waals surface area contributed by atoms with Crippen molar-refractivity contribution in [2.75, 3.05) is 0 Å². The van der Waals surface area contributed by atoms with Crippen molar-refractivity contribution in [1.82, 2.24) is 0 Å². The second kappa shape index (κ2) is 9.26. The monoisotopic (exact) mass is 240 g/mol. The van der Waals surface area contributed by atoms with E-state index in [2.05, 4.69) is 0 Å². The average Bonchev–Trinajstić information content (AvgIpc) is 1.12. The van der Waals surface area contributed by atoms with Gasteiger partial charge in [-0.2, -0.15) is 0 Å². The molecule has 0 unspecified atom stereocenters. The predicted molar refractivity (Wildman–Crippen MR) is 25.8 cm³/mol. The van der Waals surface area contributed by atoms with Crippen LogP contribution in [0, 0.1) is 0 Å². The predicted octanol–water partition coefficient (Wildman–Crippen LogP) is -9.44. The van der Waals surface area contributed by atoms with Crippen molar-refractivity contribution >= 4 is 34.2 Å². The summed E-state index contributed by atoms with van der Waals surface area (Å²) in [5.74, 6) is 0. The first-order valence-electron chi connectivity index (χ1n) is 1.60. The average molecular weight is 240 g/mol. The molecule has 0 aromatic rings. The van der Waals surface area contributed by atoms with Crippen molar-refractivity contribution in [1.29, 1.82) is 0 Å². The number of hydrogen-bond acceptors (Lipinski definition) is 5. The summed E-state index contributed by atoms with van der Waals surface area (Å²) < 4.78 is 8.88. The molecule has 0 aliphatic carbocycles. The molecule has 0 amide bonds. The second-order valence-corrected chi connectivity index (χ2v) is 3.04. The van der Waals surface area contributed by atoms with Crippen molar-refractivity contribution in [3.63, 3.8) is 0 Å². The van der Waals surface area contributed by atoms with Gasteiger partial charge in [-0.25, -0.2) is 4.57 Å². The Morgan fingerprint density at radius 2 is 1.00 bits per heavy atom. The Labute approximate surface area is 102 Å². The van der Waals surface area contributed by atoms with Crippen LogP contribution >= 0.6 is 7.82 Å². The molecule has 0 atom stereocenters. The summed E-state index contributed by atoms with van der Waals surface area (Å²) in [4.78, 5) is 55.9. The van der Waals surface area contributed by atoms with Gasteiger partial charge in [0.25, 0.3) is 0 Å². The zero-order valence-corrected chi connectivity index (χ0v) is 11.0. The summed E-state index contributed by atoms with van der Waals surface area (Å²) in [6.45, 7) is 0.